The summed E-state index contributed by atoms with van der Waals surface area (Å²) in [5, 5.41) is 0.712. The summed E-state index contributed by atoms with van der Waals surface area (Å²) in [6.45, 7) is 0. The van der Waals surface area contributed by atoms with Crippen LogP contribution in [-0.2, 0) is 0 Å². The summed E-state index contributed by atoms with van der Waals surface area (Å²) in [5.74, 6) is 8.02. The largest absolute Gasteiger partial charge is 0.271 e. The lowest BCUT2D eigenvalue weighted by atomic mass is 10.0. The van der Waals surface area contributed by atoms with Gasteiger partial charge in [-0.15, -0.1) is 12.3 Å². The topological polar surface area (TPSA) is 38.0 Å². The van der Waals surface area contributed by atoms with Crippen molar-refractivity contribution in [2.75, 3.05) is 0 Å². The first-order chi connectivity index (χ1) is 6.77. The molecule has 14 heavy (non-hydrogen) atoms. The molecule has 0 fully saturated rings. The molecule has 0 aromatic heterocycles. The van der Waals surface area contributed by atoms with Crippen LogP contribution in [0.4, 0.5) is 0 Å². The van der Waals surface area contributed by atoms with Gasteiger partial charge in [-0.25, -0.2) is 0 Å². The van der Waals surface area contributed by atoms with Crippen LogP contribution in [0.1, 0.15) is 24.4 Å². The van der Waals surface area contributed by atoms with Gasteiger partial charge in [0.1, 0.15) is 0 Å². The van der Waals surface area contributed by atoms with E-state index >= 15 is 0 Å². The van der Waals surface area contributed by atoms with Gasteiger partial charge in [0.25, 0.3) is 0 Å². The van der Waals surface area contributed by atoms with E-state index in [-0.39, 0.29) is 6.04 Å². The number of nitrogens with two attached hydrogens (primary N) is 1. The molecule has 1 atom stereocenters. The van der Waals surface area contributed by atoms with E-state index in [4.69, 9.17) is 23.9 Å². The van der Waals surface area contributed by atoms with Gasteiger partial charge in [0.15, 0.2) is 0 Å². The van der Waals surface area contributed by atoms with Crippen molar-refractivity contribution in [3.8, 4) is 12.3 Å². The van der Waals surface area contributed by atoms with E-state index in [0.29, 0.717) is 11.4 Å². The highest BCUT2D eigenvalue weighted by Gasteiger charge is 2.08. The Morgan fingerprint density at radius 1 is 1.57 bits per heavy atom. The second kappa shape index (κ2) is 5.66. The van der Waals surface area contributed by atoms with Gasteiger partial charge in [-0.1, -0.05) is 23.7 Å². The molecule has 0 spiro atoms. The zero-order valence-electron chi connectivity index (χ0n) is 7.83. The van der Waals surface area contributed by atoms with Crippen LogP contribution >= 0.6 is 11.6 Å². The second-order valence-electron chi connectivity index (χ2n) is 3.02. The first-order valence-corrected chi connectivity index (χ1v) is 4.80. The van der Waals surface area contributed by atoms with Crippen molar-refractivity contribution in [2.45, 2.75) is 18.9 Å². The van der Waals surface area contributed by atoms with E-state index in [0.717, 1.165) is 12.0 Å². The lowest BCUT2D eigenvalue weighted by molar-refractivity contribution is 0.524. The van der Waals surface area contributed by atoms with Crippen molar-refractivity contribution in [3.63, 3.8) is 0 Å². The van der Waals surface area contributed by atoms with E-state index in [1.807, 2.05) is 24.3 Å². The maximum Gasteiger partial charge on any atom is 0.0469 e. The number of halogens is 1. The van der Waals surface area contributed by atoms with Crippen LogP contribution in [0.2, 0.25) is 5.02 Å². The van der Waals surface area contributed by atoms with E-state index in [1.165, 1.54) is 0 Å². The summed E-state index contributed by atoms with van der Waals surface area (Å²) < 4.78 is 0. The molecule has 1 aromatic rings. The van der Waals surface area contributed by atoms with Crippen LogP contribution in [0.3, 0.4) is 0 Å². The Morgan fingerprint density at radius 3 is 2.93 bits per heavy atom. The third kappa shape index (κ3) is 3.04. The van der Waals surface area contributed by atoms with Crippen LogP contribution in [0.25, 0.3) is 0 Å². The molecular weight excluding hydrogens is 196 g/mol. The Balaban J connectivity index is 2.74. The molecule has 0 bridgehead atoms. The fourth-order valence-corrected chi connectivity index (χ4v) is 1.50. The maximum absolute atomic E-state index is 5.87. The van der Waals surface area contributed by atoms with E-state index in [2.05, 4.69) is 11.3 Å². The molecule has 1 rings (SSSR count). The maximum atomic E-state index is 5.87. The van der Waals surface area contributed by atoms with Crippen LogP contribution < -0.4 is 11.3 Å². The van der Waals surface area contributed by atoms with Crippen LogP contribution in [-0.4, -0.2) is 0 Å². The Bertz CT molecular complexity index is 330. The van der Waals surface area contributed by atoms with Crippen molar-refractivity contribution in [2.24, 2.45) is 5.84 Å². The monoisotopic (exact) mass is 208 g/mol. The molecule has 0 saturated carbocycles. The van der Waals surface area contributed by atoms with Crippen LogP contribution in [0, 0.1) is 12.3 Å². The van der Waals surface area contributed by atoms with Crippen molar-refractivity contribution < 1.29 is 0 Å². The first-order valence-electron chi connectivity index (χ1n) is 4.43. The molecule has 0 heterocycles. The molecular formula is C11H13ClN2. The SMILES string of the molecule is C#CCCC(NN)c1cccc(Cl)c1. The molecule has 1 aromatic carbocycles. The molecule has 1 unspecified atom stereocenters. The normalized spacial score (nSPS) is 12.1. The zero-order valence-corrected chi connectivity index (χ0v) is 8.59. The van der Waals surface area contributed by atoms with Gasteiger partial charge in [-0.3, -0.25) is 11.3 Å². The predicted molar refractivity (Wildman–Crippen MR) is 59.6 cm³/mol. The minimum absolute atomic E-state index is 0.0738. The molecule has 2 nitrogen and oxygen atoms in total. The van der Waals surface area contributed by atoms with E-state index < -0.39 is 0 Å². The number of rotatable bonds is 4. The van der Waals surface area contributed by atoms with Gasteiger partial charge < -0.3 is 0 Å². The summed E-state index contributed by atoms with van der Waals surface area (Å²) in [5.41, 5.74) is 3.79. The Labute approximate surface area is 89.4 Å². The van der Waals surface area contributed by atoms with Crippen molar-refractivity contribution in [1.82, 2.24) is 5.43 Å². The van der Waals surface area contributed by atoms with E-state index in [9.17, 15) is 0 Å². The van der Waals surface area contributed by atoms with Gasteiger partial charge in [-0.05, 0) is 24.1 Å². The molecule has 0 radical (unpaired) electrons. The standard InChI is InChI=1S/C11H13ClN2/c1-2-3-7-11(14-13)9-5-4-6-10(12)8-9/h1,4-6,8,11,14H,3,7,13H2. The summed E-state index contributed by atoms with van der Waals surface area (Å²) in [6, 6.07) is 7.68. The van der Waals surface area contributed by atoms with Crippen LogP contribution in [0.15, 0.2) is 24.3 Å². The molecule has 3 N–H and O–H groups in total. The summed E-state index contributed by atoms with van der Waals surface area (Å²) in [7, 11) is 0. The van der Waals surface area contributed by atoms with Crippen molar-refractivity contribution in [3.05, 3.63) is 34.9 Å². The van der Waals surface area contributed by atoms with Crippen molar-refractivity contribution in [1.29, 1.82) is 0 Å². The molecule has 0 saturated heterocycles. The van der Waals surface area contributed by atoms with Gasteiger partial charge in [0.2, 0.25) is 0 Å². The lowest BCUT2D eigenvalue weighted by Gasteiger charge is -2.14. The third-order valence-corrected chi connectivity index (χ3v) is 2.26. The van der Waals surface area contributed by atoms with Gasteiger partial charge in [-0.2, -0.15) is 0 Å². The number of terminal acetylenes is 1. The van der Waals surface area contributed by atoms with Gasteiger partial charge >= 0.3 is 0 Å². The average molecular weight is 209 g/mol. The minimum atomic E-state index is 0.0738. The summed E-state index contributed by atoms with van der Waals surface area (Å²) in [4.78, 5) is 0. The minimum Gasteiger partial charge on any atom is -0.271 e. The third-order valence-electron chi connectivity index (χ3n) is 2.03. The highest BCUT2D eigenvalue weighted by Crippen LogP contribution is 2.20. The number of nitrogens with one attached hydrogen (secondary N) is 1. The Kier molecular flexibility index (Phi) is 4.48. The first kappa shape index (κ1) is 11.1. The molecule has 0 amide bonds. The highest BCUT2D eigenvalue weighted by atomic mass is 35.5. The number of hydrogen-bond acceptors (Lipinski definition) is 2. The molecule has 0 aliphatic heterocycles. The molecule has 74 valence electrons. The number of benzene rings is 1. The van der Waals surface area contributed by atoms with Crippen molar-refractivity contribution >= 4 is 11.6 Å². The Hall–Kier alpha value is -1.01. The van der Waals surface area contributed by atoms with Gasteiger partial charge in [0.05, 0.1) is 0 Å². The van der Waals surface area contributed by atoms with E-state index in [1.54, 1.807) is 0 Å². The van der Waals surface area contributed by atoms with Gasteiger partial charge in [0, 0.05) is 17.5 Å². The zero-order chi connectivity index (χ0) is 10.4. The Morgan fingerprint density at radius 2 is 2.36 bits per heavy atom. The molecule has 3 heteroatoms. The predicted octanol–water partition coefficient (Wildman–Crippen LogP) is 2.26. The quantitative estimate of drug-likeness (QED) is 0.453. The fraction of sp³-hybridized carbons (Fsp3) is 0.273. The van der Waals surface area contributed by atoms with Crippen LogP contribution in [0.5, 0.6) is 0 Å². The fourth-order valence-electron chi connectivity index (χ4n) is 1.30. The number of hydrazine groups is 1. The molecule has 0 aliphatic carbocycles. The molecule has 0 aliphatic rings. The summed E-state index contributed by atoms with van der Waals surface area (Å²) in [6.07, 6.45) is 6.70. The highest BCUT2D eigenvalue weighted by molar-refractivity contribution is 6.30. The second-order valence-corrected chi connectivity index (χ2v) is 3.45. The number of hydrogen-bond donors (Lipinski definition) is 2. The average Bonchev–Trinajstić information content (AvgIpc) is 2.19. The smallest absolute Gasteiger partial charge is 0.0469 e. The lowest BCUT2D eigenvalue weighted by Crippen LogP contribution is -2.27. The summed E-state index contributed by atoms with van der Waals surface area (Å²) >= 11 is 5.87.